The molecule has 1 unspecified atom stereocenters. The second-order valence-electron chi connectivity index (χ2n) is 8.54. The van der Waals surface area contributed by atoms with Crippen molar-refractivity contribution in [1.82, 2.24) is 4.98 Å². The summed E-state index contributed by atoms with van der Waals surface area (Å²) in [5.74, 6) is 4.72. The molecule has 2 aromatic rings. The van der Waals surface area contributed by atoms with E-state index in [9.17, 15) is 9.59 Å². The fourth-order valence-electron chi connectivity index (χ4n) is 3.23. The molecule has 31 heavy (non-hydrogen) atoms. The second-order valence-corrected chi connectivity index (χ2v) is 9.74. The van der Waals surface area contributed by atoms with Gasteiger partial charge in [0.25, 0.3) is 0 Å². The van der Waals surface area contributed by atoms with Crippen molar-refractivity contribution in [3.8, 4) is 11.8 Å². The number of hydrogen-bond donors (Lipinski definition) is 2. The van der Waals surface area contributed by atoms with Crippen LogP contribution < -0.4 is 5.73 Å². The van der Waals surface area contributed by atoms with E-state index in [1.807, 2.05) is 26.0 Å². The number of nitrogens with two attached hydrogens (primary N) is 1. The van der Waals surface area contributed by atoms with Crippen LogP contribution in [0, 0.1) is 17.8 Å². The van der Waals surface area contributed by atoms with Gasteiger partial charge in [0.15, 0.2) is 5.44 Å². The zero-order chi connectivity index (χ0) is 22.8. The Morgan fingerprint density at radius 2 is 2.00 bits per heavy atom. The van der Waals surface area contributed by atoms with Gasteiger partial charge in [0.1, 0.15) is 11.7 Å². The molecular weight excluding hydrogens is 412 g/mol. The number of benzene rings is 1. The van der Waals surface area contributed by atoms with Crippen LogP contribution in [0.2, 0.25) is 0 Å². The first kappa shape index (κ1) is 22.9. The van der Waals surface area contributed by atoms with Crippen molar-refractivity contribution in [3.63, 3.8) is 0 Å². The third kappa shape index (κ3) is 5.46. The third-order valence-corrected chi connectivity index (χ3v) is 6.36. The van der Waals surface area contributed by atoms with Crippen LogP contribution in [0.4, 0.5) is 0 Å². The largest absolute Gasteiger partial charge is 0.478 e. The Morgan fingerprint density at radius 1 is 1.26 bits per heavy atom. The molecule has 7 heteroatoms. The molecule has 2 heterocycles. The van der Waals surface area contributed by atoms with E-state index in [1.54, 1.807) is 6.07 Å². The van der Waals surface area contributed by atoms with Crippen molar-refractivity contribution in [3.05, 3.63) is 58.9 Å². The second kappa shape index (κ2) is 9.13. The molecule has 1 aliphatic rings. The van der Waals surface area contributed by atoms with Crippen molar-refractivity contribution in [1.29, 1.82) is 0 Å². The number of aromatic nitrogens is 1. The van der Waals surface area contributed by atoms with E-state index >= 15 is 0 Å². The topological polar surface area (TPSA) is 103 Å². The first-order valence-electron chi connectivity index (χ1n) is 10.1. The number of carbonyl (C=O) groups is 2. The van der Waals surface area contributed by atoms with Gasteiger partial charge in [0.2, 0.25) is 0 Å². The number of rotatable bonds is 4. The Balaban J connectivity index is 1.78. The van der Waals surface area contributed by atoms with E-state index < -0.39 is 12.0 Å². The maximum Gasteiger partial charge on any atom is 0.337 e. The molecule has 3 N–H and O–H groups in total. The highest BCUT2D eigenvalue weighted by molar-refractivity contribution is 7.99. The van der Waals surface area contributed by atoms with Crippen LogP contribution in [-0.2, 0) is 14.9 Å². The number of carboxylic acid groups (broad SMARTS) is 1. The Hall–Kier alpha value is -2.82. The lowest BCUT2D eigenvalue weighted by molar-refractivity contribution is -0.148. The number of pyridine rings is 1. The summed E-state index contributed by atoms with van der Waals surface area (Å²) in [6.45, 7) is 8.05. The van der Waals surface area contributed by atoms with E-state index in [1.165, 1.54) is 24.0 Å². The lowest BCUT2D eigenvalue weighted by Gasteiger charge is -2.37. The van der Waals surface area contributed by atoms with E-state index in [0.29, 0.717) is 12.1 Å². The Labute approximate surface area is 186 Å². The standard InChI is InChI=1S/C24H26N2O4S/c1-14(2)21(25)23(29)30-20-12-24(3,4)18-11-15(6-10-19(18)31-20)5-8-17-9-7-16(13-26-17)22(27)28/h6-7,9-11,13-14,20-21H,12,25H2,1-4H3,(H,27,28)/t20?,21-/m0/s1. The number of thioether (sulfide) groups is 1. The summed E-state index contributed by atoms with van der Waals surface area (Å²) in [4.78, 5) is 28.3. The smallest absolute Gasteiger partial charge is 0.337 e. The molecule has 162 valence electrons. The SMILES string of the molecule is CC(C)[C@H](N)C(=O)OC1CC(C)(C)c2cc(C#Cc3ccc(C(=O)O)cn3)ccc2S1. The van der Waals surface area contributed by atoms with E-state index in [-0.39, 0.29) is 28.3 Å². The van der Waals surface area contributed by atoms with Gasteiger partial charge in [-0.25, -0.2) is 9.78 Å². The molecular formula is C24H26N2O4S. The minimum absolute atomic E-state index is 0.0253. The number of fused-ring (bicyclic) bond motifs is 1. The molecule has 1 aliphatic heterocycles. The van der Waals surface area contributed by atoms with Gasteiger partial charge in [-0.1, -0.05) is 45.4 Å². The fraction of sp³-hybridized carbons (Fsp3) is 0.375. The molecule has 0 fully saturated rings. The Kier molecular flexibility index (Phi) is 6.73. The van der Waals surface area contributed by atoms with Crippen LogP contribution in [0.5, 0.6) is 0 Å². The zero-order valence-corrected chi connectivity index (χ0v) is 18.8. The number of esters is 1. The number of aromatic carboxylic acids is 1. The molecule has 0 spiro atoms. The maximum absolute atomic E-state index is 12.3. The van der Waals surface area contributed by atoms with Crippen LogP contribution >= 0.6 is 11.8 Å². The Morgan fingerprint density at radius 3 is 2.61 bits per heavy atom. The molecule has 0 amide bonds. The van der Waals surface area contributed by atoms with Gasteiger partial charge in [-0.15, -0.1) is 0 Å². The molecule has 0 saturated heterocycles. The van der Waals surface area contributed by atoms with Gasteiger partial charge in [-0.3, -0.25) is 4.79 Å². The quantitative estimate of drug-likeness (QED) is 0.553. The lowest BCUT2D eigenvalue weighted by atomic mass is 9.80. The summed E-state index contributed by atoms with van der Waals surface area (Å²) in [6, 6.07) is 8.42. The van der Waals surface area contributed by atoms with E-state index in [0.717, 1.165) is 16.0 Å². The van der Waals surface area contributed by atoms with Crippen LogP contribution in [0.15, 0.2) is 41.4 Å². The number of hydrogen-bond acceptors (Lipinski definition) is 6. The summed E-state index contributed by atoms with van der Waals surface area (Å²) in [5, 5.41) is 8.95. The van der Waals surface area contributed by atoms with Crippen molar-refractivity contribution in [2.75, 3.05) is 0 Å². The third-order valence-electron chi connectivity index (χ3n) is 5.23. The van der Waals surface area contributed by atoms with Gasteiger partial charge in [-0.2, -0.15) is 0 Å². The fourth-order valence-corrected chi connectivity index (χ4v) is 4.76. The van der Waals surface area contributed by atoms with Crippen molar-refractivity contribution in [2.45, 2.75) is 55.9 Å². The minimum atomic E-state index is -1.02. The van der Waals surface area contributed by atoms with Gasteiger partial charge >= 0.3 is 11.9 Å². The maximum atomic E-state index is 12.3. The minimum Gasteiger partial charge on any atom is -0.478 e. The molecule has 0 bridgehead atoms. The summed E-state index contributed by atoms with van der Waals surface area (Å²) in [5.41, 5.74) is 8.07. The molecule has 2 atom stereocenters. The predicted molar refractivity (Wildman–Crippen MR) is 120 cm³/mol. The van der Waals surface area contributed by atoms with Gasteiger partial charge in [0.05, 0.1) is 5.56 Å². The van der Waals surface area contributed by atoms with Crippen LogP contribution in [0.1, 0.15) is 61.3 Å². The number of ether oxygens (including phenoxy) is 1. The average Bonchev–Trinajstić information content (AvgIpc) is 2.71. The normalized spacial score (nSPS) is 17.8. The van der Waals surface area contributed by atoms with Crippen molar-refractivity contribution >= 4 is 23.7 Å². The Bertz CT molecular complexity index is 1050. The summed E-state index contributed by atoms with van der Waals surface area (Å²) >= 11 is 1.53. The van der Waals surface area contributed by atoms with Gasteiger partial charge in [0, 0.05) is 23.1 Å². The first-order valence-corrected chi connectivity index (χ1v) is 10.9. The van der Waals surface area contributed by atoms with Crippen LogP contribution in [-0.4, -0.2) is 33.5 Å². The monoisotopic (exact) mass is 438 g/mol. The predicted octanol–water partition coefficient (Wildman–Crippen LogP) is 3.81. The molecule has 6 nitrogen and oxygen atoms in total. The number of nitrogens with zero attached hydrogens (tertiary/aromatic N) is 1. The molecule has 0 radical (unpaired) electrons. The molecule has 3 rings (SSSR count). The number of carboxylic acids is 1. The molecule has 0 aliphatic carbocycles. The molecule has 1 aromatic carbocycles. The number of carbonyl (C=O) groups excluding carboxylic acids is 1. The first-order chi connectivity index (χ1) is 14.6. The summed E-state index contributed by atoms with van der Waals surface area (Å²) in [6.07, 6.45) is 1.97. The van der Waals surface area contributed by atoms with E-state index in [2.05, 4.69) is 36.7 Å². The zero-order valence-electron chi connectivity index (χ0n) is 18.0. The van der Waals surface area contributed by atoms with Crippen LogP contribution in [0.3, 0.4) is 0 Å². The lowest BCUT2D eigenvalue weighted by Crippen LogP contribution is -2.40. The van der Waals surface area contributed by atoms with Crippen molar-refractivity contribution < 1.29 is 19.4 Å². The van der Waals surface area contributed by atoms with Crippen molar-refractivity contribution in [2.24, 2.45) is 11.7 Å². The summed E-state index contributed by atoms with van der Waals surface area (Å²) in [7, 11) is 0. The van der Waals surface area contributed by atoms with Crippen LogP contribution in [0.25, 0.3) is 0 Å². The highest BCUT2D eigenvalue weighted by atomic mass is 32.2. The summed E-state index contributed by atoms with van der Waals surface area (Å²) < 4.78 is 5.69. The van der Waals surface area contributed by atoms with E-state index in [4.69, 9.17) is 15.6 Å². The molecule has 0 saturated carbocycles. The molecule has 1 aromatic heterocycles. The van der Waals surface area contributed by atoms with Gasteiger partial charge < -0.3 is 15.6 Å². The average molecular weight is 439 g/mol. The highest BCUT2D eigenvalue weighted by Gasteiger charge is 2.36. The van der Waals surface area contributed by atoms with Gasteiger partial charge in [-0.05, 0) is 53.1 Å². The highest BCUT2D eigenvalue weighted by Crippen LogP contribution is 2.46.